The van der Waals surface area contributed by atoms with Gasteiger partial charge >= 0.3 is 0 Å². The third-order valence-corrected chi connectivity index (χ3v) is 4.87. The van der Waals surface area contributed by atoms with E-state index < -0.39 is 40.7 Å². The highest BCUT2D eigenvalue weighted by Crippen LogP contribution is 2.37. The van der Waals surface area contributed by atoms with Gasteiger partial charge in [0.1, 0.15) is 16.9 Å². The first-order valence-electron chi connectivity index (χ1n) is 7.30. The molecule has 1 heterocycles. The molecule has 1 aromatic heterocycles. The van der Waals surface area contributed by atoms with E-state index in [0.29, 0.717) is 0 Å². The zero-order valence-corrected chi connectivity index (χ0v) is 15.5. The Morgan fingerprint density at radius 3 is 2.70 bits per heavy atom. The van der Waals surface area contributed by atoms with E-state index in [9.17, 15) is 28.1 Å². The van der Waals surface area contributed by atoms with Crippen molar-refractivity contribution in [1.29, 1.82) is 0 Å². The maximum atomic E-state index is 13.5. The Labute approximate surface area is 162 Å². The predicted octanol–water partition coefficient (Wildman–Crippen LogP) is 5.00. The zero-order valence-electron chi connectivity index (χ0n) is 13.1. The molecule has 27 heavy (non-hydrogen) atoms. The molecule has 0 saturated carbocycles. The summed E-state index contributed by atoms with van der Waals surface area (Å²) in [5.41, 5.74) is -1.18. The SMILES string of the molecule is O=C(c1cc(F)ccc1Cl)c1c([N+](=O)[O-])cc2c(ncn2CC(F)F)c1Br. The number of nitro benzene ring substituents is 1. The van der Waals surface area contributed by atoms with Crippen LogP contribution in [0.3, 0.4) is 0 Å². The summed E-state index contributed by atoms with van der Waals surface area (Å²) < 4.78 is 39.9. The number of alkyl halides is 2. The lowest BCUT2D eigenvalue weighted by Crippen LogP contribution is -2.09. The van der Waals surface area contributed by atoms with Crippen molar-refractivity contribution in [3.8, 4) is 0 Å². The van der Waals surface area contributed by atoms with Gasteiger partial charge in [-0.25, -0.2) is 18.2 Å². The molecule has 0 fully saturated rings. The molecule has 0 bridgehead atoms. The van der Waals surface area contributed by atoms with E-state index in [2.05, 4.69) is 20.9 Å². The first-order valence-corrected chi connectivity index (χ1v) is 8.47. The fourth-order valence-electron chi connectivity index (χ4n) is 2.61. The number of nitrogens with zero attached hydrogens (tertiary/aromatic N) is 3. The van der Waals surface area contributed by atoms with Crippen molar-refractivity contribution in [2.75, 3.05) is 0 Å². The van der Waals surface area contributed by atoms with E-state index in [4.69, 9.17) is 11.6 Å². The van der Waals surface area contributed by atoms with Crippen LogP contribution in [0.4, 0.5) is 18.9 Å². The van der Waals surface area contributed by atoms with Crippen LogP contribution in [0.25, 0.3) is 11.0 Å². The van der Waals surface area contributed by atoms with Gasteiger partial charge in [0.05, 0.1) is 32.8 Å². The number of carbonyl (C=O) groups excluding carboxylic acids is 1. The Balaban J connectivity index is 2.27. The van der Waals surface area contributed by atoms with Gasteiger partial charge in [0.15, 0.2) is 0 Å². The maximum Gasteiger partial charge on any atom is 0.283 e. The molecule has 0 radical (unpaired) electrons. The fraction of sp³-hybridized carbons (Fsp3) is 0.125. The van der Waals surface area contributed by atoms with Gasteiger partial charge in [-0.3, -0.25) is 14.9 Å². The van der Waals surface area contributed by atoms with Gasteiger partial charge in [0.25, 0.3) is 12.1 Å². The highest BCUT2D eigenvalue weighted by Gasteiger charge is 2.30. The van der Waals surface area contributed by atoms with E-state index in [1.54, 1.807) is 0 Å². The Morgan fingerprint density at radius 2 is 2.07 bits per heavy atom. The molecule has 0 unspecified atom stereocenters. The van der Waals surface area contributed by atoms with Gasteiger partial charge in [-0.15, -0.1) is 0 Å². The van der Waals surface area contributed by atoms with Gasteiger partial charge in [0, 0.05) is 11.6 Å². The molecule has 0 atom stereocenters. The second kappa shape index (κ2) is 7.28. The van der Waals surface area contributed by atoms with Crippen molar-refractivity contribution >= 4 is 50.0 Å². The van der Waals surface area contributed by atoms with Crippen molar-refractivity contribution in [2.45, 2.75) is 13.0 Å². The molecule has 0 amide bonds. The van der Waals surface area contributed by atoms with Gasteiger partial charge < -0.3 is 4.57 Å². The number of imidazole rings is 1. The number of halogens is 5. The van der Waals surface area contributed by atoms with Crippen molar-refractivity contribution < 1.29 is 22.9 Å². The molecule has 0 aliphatic rings. The molecular formula is C16H8BrClF3N3O3. The number of aromatic nitrogens is 2. The zero-order chi connectivity index (χ0) is 19.9. The molecule has 6 nitrogen and oxygen atoms in total. The smallest absolute Gasteiger partial charge is 0.283 e. The lowest BCUT2D eigenvalue weighted by atomic mass is 10.0. The van der Waals surface area contributed by atoms with Crippen LogP contribution in [0.2, 0.25) is 5.02 Å². The van der Waals surface area contributed by atoms with Crippen molar-refractivity contribution in [3.05, 3.63) is 67.1 Å². The third kappa shape index (κ3) is 3.54. The molecule has 0 saturated heterocycles. The number of benzene rings is 2. The summed E-state index contributed by atoms with van der Waals surface area (Å²) in [7, 11) is 0. The van der Waals surface area contributed by atoms with Crippen LogP contribution in [0, 0.1) is 15.9 Å². The standard InChI is InChI=1S/C16H8BrClF3N3O3/c17-14-13(16(25)8-3-7(19)1-2-9(8)18)10(24(26)27)4-11-15(14)22-6-23(11)5-12(20)21/h1-4,6,12H,5H2. The van der Waals surface area contributed by atoms with Gasteiger partial charge in [-0.05, 0) is 34.1 Å². The molecular weight excluding hydrogens is 455 g/mol. The maximum absolute atomic E-state index is 13.5. The number of carbonyl (C=O) groups is 1. The molecule has 3 aromatic rings. The molecule has 0 aliphatic carbocycles. The van der Waals surface area contributed by atoms with Crippen molar-refractivity contribution in [1.82, 2.24) is 9.55 Å². The van der Waals surface area contributed by atoms with E-state index in [1.165, 1.54) is 0 Å². The number of hydrogen-bond acceptors (Lipinski definition) is 4. The normalized spacial score (nSPS) is 11.3. The number of hydrogen-bond donors (Lipinski definition) is 0. The highest BCUT2D eigenvalue weighted by molar-refractivity contribution is 9.10. The van der Waals surface area contributed by atoms with E-state index >= 15 is 0 Å². The van der Waals surface area contributed by atoms with Crippen LogP contribution in [0.5, 0.6) is 0 Å². The van der Waals surface area contributed by atoms with Crippen LogP contribution >= 0.6 is 27.5 Å². The van der Waals surface area contributed by atoms with Crippen LogP contribution in [-0.4, -0.2) is 26.7 Å². The minimum absolute atomic E-state index is 0.0516. The Bertz CT molecular complexity index is 1090. The lowest BCUT2D eigenvalue weighted by molar-refractivity contribution is -0.385. The molecule has 0 spiro atoms. The molecule has 2 aromatic carbocycles. The lowest BCUT2D eigenvalue weighted by Gasteiger charge is -2.09. The van der Waals surface area contributed by atoms with Crippen LogP contribution in [0.15, 0.2) is 35.1 Å². The van der Waals surface area contributed by atoms with E-state index in [1.807, 2.05) is 0 Å². The molecule has 0 N–H and O–H groups in total. The average Bonchev–Trinajstić information content (AvgIpc) is 2.99. The van der Waals surface area contributed by atoms with E-state index in [-0.39, 0.29) is 26.1 Å². The third-order valence-electron chi connectivity index (χ3n) is 3.77. The summed E-state index contributed by atoms with van der Waals surface area (Å²) in [6.07, 6.45) is -1.61. The van der Waals surface area contributed by atoms with Gasteiger partial charge in [0.2, 0.25) is 5.78 Å². The van der Waals surface area contributed by atoms with Crippen LogP contribution in [0.1, 0.15) is 15.9 Å². The van der Waals surface area contributed by atoms with Crippen LogP contribution < -0.4 is 0 Å². The first-order chi connectivity index (χ1) is 12.7. The molecule has 0 aliphatic heterocycles. The summed E-state index contributed by atoms with van der Waals surface area (Å²) in [5, 5.41) is 11.4. The number of nitro groups is 1. The summed E-state index contributed by atoms with van der Waals surface area (Å²) in [5.74, 6) is -1.65. The second-order valence-corrected chi connectivity index (χ2v) is 6.65. The quantitative estimate of drug-likeness (QED) is 0.304. The van der Waals surface area contributed by atoms with Crippen molar-refractivity contribution in [3.63, 3.8) is 0 Å². The predicted molar refractivity (Wildman–Crippen MR) is 94.9 cm³/mol. The molecule has 140 valence electrons. The fourth-order valence-corrected chi connectivity index (χ4v) is 3.50. The molecule has 3 rings (SSSR count). The topological polar surface area (TPSA) is 78.0 Å². The van der Waals surface area contributed by atoms with E-state index in [0.717, 1.165) is 35.2 Å². The van der Waals surface area contributed by atoms with Gasteiger partial charge in [-0.2, -0.15) is 0 Å². The second-order valence-electron chi connectivity index (χ2n) is 5.45. The average molecular weight is 463 g/mol. The summed E-state index contributed by atoms with van der Waals surface area (Å²) in [4.78, 5) is 27.5. The highest BCUT2D eigenvalue weighted by atomic mass is 79.9. The largest absolute Gasteiger partial charge is 0.325 e. The van der Waals surface area contributed by atoms with Crippen molar-refractivity contribution in [2.24, 2.45) is 0 Å². The minimum Gasteiger partial charge on any atom is -0.325 e. The number of rotatable bonds is 5. The first kappa shape index (κ1) is 19.3. The Kier molecular flexibility index (Phi) is 5.20. The summed E-state index contributed by atoms with van der Waals surface area (Å²) in [6, 6.07) is 4.04. The van der Waals surface area contributed by atoms with Crippen LogP contribution in [-0.2, 0) is 6.54 Å². The summed E-state index contributed by atoms with van der Waals surface area (Å²) in [6.45, 7) is -0.719. The summed E-state index contributed by atoms with van der Waals surface area (Å²) >= 11 is 9.03. The monoisotopic (exact) mass is 461 g/mol. The van der Waals surface area contributed by atoms with Gasteiger partial charge in [-0.1, -0.05) is 11.6 Å². The molecule has 11 heteroatoms. The minimum atomic E-state index is -2.70. The number of ketones is 1. The Morgan fingerprint density at radius 1 is 1.37 bits per heavy atom. The number of fused-ring (bicyclic) bond motifs is 1. The Hall–Kier alpha value is -2.46.